The van der Waals surface area contributed by atoms with E-state index in [4.69, 9.17) is 4.98 Å². The molecule has 25 heavy (non-hydrogen) atoms. The third-order valence-electron chi connectivity index (χ3n) is 4.77. The van der Waals surface area contributed by atoms with Crippen LogP contribution in [0.2, 0.25) is 0 Å². The number of pyridine rings is 1. The number of carbonyl (C=O) groups is 1. The number of thiazole rings is 1. The number of para-hydroxylation sites is 1. The van der Waals surface area contributed by atoms with E-state index in [2.05, 4.69) is 16.0 Å². The van der Waals surface area contributed by atoms with Crippen LogP contribution in [-0.2, 0) is 11.2 Å². The Kier molecular flexibility index (Phi) is 4.74. The van der Waals surface area contributed by atoms with Crippen molar-refractivity contribution in [2.75, 3.05) is 6.54 Å². The molecule has 0 unspecified atom stereocenters. The van der Waals surface area contributed by atoms with Gasteiger partial charge in [0.25, 0.3) is 0 Å². The number of fused-ring (bicyclic) bond motifs is 1. The lowest BCUT2D eigenvalue weighted by Crippen LogP contribution is -2.38. The predicted molar refractivity (Wildman–Crippen MR) is 100 cm³/mol. The van der Waals surface area contributed by atoms with E-state index in [9.17, 15) is 4.79 Å². The molecule has 0 aliphatic carbocycles. The van der Waals surface area contributed by atoms with Gasteiger partial charge in [-0.25, -0.2) is 4.98 Å². The quantitative estimate of drug-likeness (QED) is 0.701. The van der Waals surface area contributed by atoms with E-state index in [1.165, 1.54) is 4.70 Å². The summed E-state index contributed by atoms with van der Waals surface area (Å²) in [5, 5.41) is 1.08. The Morgan fingerprint density at radius 2 is 2.12 bits per heavy atom. The molecule has 2 aromatic heterocycles. The van der Waals surface area contributed by atoms with Crippen molar-refractivity contribution in [3.05, 3.63) is 59.4 Å². The van der Waals surface area contributed by atoms with Gasteiger partial charge >= 0.3 is 0 Å². The number of rotatable bonds is 4. The molecule has 0 N–H and O–H groups in total. The first-order valence-corrected chi connectivity index (χ1v) is 9.67. The molecular weight excluding hydrogens is 330 g/mol. The summed E-state index contributed by atoms with van der Waals surface area (Å²) in [7, 11) is 0. The van der Waals surface area contributed by atoms with E-state index in [-0.39, 0.29) is 11.9 Å². The average molecular weight is 351 g/mol. The lowest BCUT2D eigenvalue weighted by Gasteiger charge is -2.34. The maximum absolute atomic E-state index is 12.9. The van der Waals surface area contributed by atoms with Crippen LogP contribution in [0.3, 0.4) is 0 Å². The zero-order valence-electron chi connectivity index (χ0n) is 14.1. The van der Waals surface area contributed by atoms with Crippen molar-refractivity contribution in [1.29, 1.82) is 0 Å². The highest BCUT2D eigenvalue weighted by atomic mass is 32.1. The van der Waals surface area contributed by atoms with Gasteiger partial charge in [-0.05, 0) is 49.4 Å². The molecule has 1 aliphatic rings. The molecule has 0 saturated carbocycles. The zero-order valence-corrected chi connectivity index (χ0v) is 14.9. The highest BCUT2D eigenvalue weighted by Crippen LogP contribution is 2.36. The summed E-state index contributed by atoms with van der Waals surface area (Å²) in [6.07, 6.45) is 8.14. The van der Waals surface area contributed by atoms with Crippen LogP contribution >= 0.6 is 11.3 Å². The molecule has 1 amide bonds. The Morgan fingerprint density at radius 1 is 1.20 bits per heavy atom. The summed E-state index contributed by atoms with van der Waals surface area (Å²) in [4.78, 5) is 23.8. The molecule has 5 heteroatoms. The Bertz CT molecular complexity index is 829. The zero-order chi connectivity index (χ0) is 17.1. The molecule has 4 rings (SSSR count). The number of benzene rings is 1. The number of hydrogen-bond acceptors (Lipinski definition) is 4. The molecule has 0 bridgehead atoms. The number of aromatic nitrogens is 2. The van der Waals surface area contributed by atoms with E-state index < -0.39 is 0 Å². The van der Waals surface area contributed by atoms with Crippen LogP contribution in [0.5, 0.6) is 0 Å². The molecule has 1 aliphatic heterocycles. The monoisotopic (exact) mass is 351 g/mol. The SMILES string of the molecule is O=C(CCc1cccnc1)N1CCCC[C@@H]1c1nc2ccccc2s1. The van der Waals surface area contributed by atoms with Gasteiger partial charge in [0, 0.05) is 25.4 Å². The van der Waals surface area contributed by atoms with Crippen LogP contribution in [0.25, 0.3) is 10.2 Å². The lowest BCUT2D eigenvalue weighted by molar-refractivity contribution is -0.135. The summed E-state index contributed by atoms with van der Waals surface area (Å²) in [5.74, 6) is 0.229. The number of likely N-dealkylation sites (tertiary alicyclic amines) is 1. The molecule has 128 valence electrons. The van der Waals surface area contributed by atoms with Gasteiger partial charge in [-0.15, -0.1) is 11.3 Å². The van der Waals surface area contributed by atoms with E-state index >= 15 is 0 Å². The fourth-order valence-electron chi connectivity index (χ4n) is 3.46. The number of nitrogens with zero attached hydrogens (tertiary/aromatic N) is 3. The molecule has 0 radical (unpaired) electrons. The molecule has 3 aromatic rings. The van der Waals surface area contributed by atoms with Gasteiger partial charge in [-0.1, -0.05) is 18.2 Å². The molecule has 1 aromatic carbocycles. The smallest absolute Gasteiger partial charge is 0.223 e. The summed E-state index contributed by atoms with van der Waals surface area (Å²) < 4.78 is 1.20. The van der Waals surface area contributed by atoms with E-state index in [0.717, 1.165) is 48.3 Å². The normalized spacial score (nSPS) is 17.8. The summed E-state index contributed by atoms with van der Waals surface area (Å²) in [5.41, 5.74) is 2.15. The second kappa shape index (κ2) is 7.31. The van der Waals surface area contributed by atoms with Crippen molar-refractivity contribution < 1.29 is 4.79 Å². The second-order valence-corrected chi connectivity index (χ2v) is 7.54. The molecule has 1 saturated heterocycles. The van der Waals surface area contributed by atoms with Crippen LogP contribution in [0.4, 0.5) is 0 Å². The minimum Gasteiger partial charge on any atom is -0.333 e. The minimum atomic E-state index is 0.132. The summed E-state index contributed by atoms with van der Waals surface area (Å²) >= 11 is 1.72. The van der Waals surface area contributed by atoms with Gasteiger partial charge in [0.1, 0.15) is 5.01 Å². The van der Waals surface area contributed by atoms with Crippen molar-refractivity contribution in [1.82, 2.24) is 14.9 Å². The topological polar surface area (TPSA) is 46.1 Å². The predicted octanol–water partition coefficient (Wildman–Crippen LogP) is 4.38. The molecule has 3 heterocycles. The Hall–Kier alpha value is -2.27. The van der Waals surface area contributed by atoms with Crippen molar-refractivity contribution in [2.24, 2.45) is 0 Å². The summed E-state index contributed by atoms with van der Waals surface area (Å²) in [6, 6.07) is 12.3. The van der Waals surface area contributed by atoms with Gasteiger partial charge in [0.2, 0.25) is 5.91 Å². The summed E-state index contributed by atoms with van der Waals surface area (Å²) in [6.45, 7) is 0.840. The molecule has 4 nitrogen and oxygen atoms in total. The van der Waals surface area contributed by atoms with Crippen LogP contribution in [0.15, 0.2) is 48.8 Å². The number of hydrogen-bond donors (Lipinski definition) is 0. The highest BCUT2D eigenvalue weighted by Gasteiger charge is 2.29. The van der Waals surface area contributed by atoms with E-state index in [1.807, 2.05) is 36.5 Å². The van der Waals surface area contributed by atoms with Crippen LogP contribution < -0.4 is 0 Å². The van der Waals surface area contributed by atoms with Crippen LogP contribution in [-0.4, -0.2) is 27.3 Å². The van der Waals surface area contributed by atoms with Gasteiger partial charge in [0.15, 0.2) is 0 Å². The van der Waals surface area contributed by atoms with Gasteiger partial charge < -0.3 is 4.90 Å². The first-order valence-electron chi connectivity index (χ1n) is 8.85. The fourth-order valence-corrected chi connectivity index (χ4v) is 4.58. The largest absolute Gasteiger partial charge is 0.333 e. The fraction of sp³-hybridized carbons (Fsp3) is 0.350. The average Bonchev–Trinajstić information content (AvgIpc) is 3.11. The first kappa shape index (κ1) is 16.2. The highest BCUT2D eigenvalue weighted by molar-refractivity contribution is 7.18. The molecule has 0 spiro atoms. The van der Waals surface area contributed by atoms with Crippen molar-refractivity contribution in [3.8, 4) is 0 Å². The van der Waals surface area contributed by atoms with E-state index in [1.54, 1.807) is 17.5 Å². The standard InChI is InChI=1S/C20H21N3OS/c24-19(11-10-15-6-5-12-21-14-15)23-13-4-3-8-17(23)20-22-16-7-1-2-9-18(16)25-20/h1-2,5-7,9,12,14,17H,3-4,8,10-11,13H2/t17-/m1/s1. The Balaban J connectivity index is 1.51. The minimum absolute atomic E-state index is 0.132. The maximum atomic E-state index is 12.9. The third-order valence-corrected chi connectivity index (χ3v) is 5.91. The first-order chi connectivity index (χ1) is 12.3. The Labute approximate surface area is 151 Å². The van der Waals surface area contributed by atoms with Crippen LogP contribution in [0.1, 0.15) is 42.3 Å². The molecule has 1 atom stereocenters. The maximum Gasteiger partial charge on any atom is 0.223 e. The van der Waals surface area contributed by atoms with Crippen molar-refractivity contribution >= 4 is 27.5 Å². The number of piperidine rings is 1. The second-order valence-electron chi connectivity index (χ2n) is 6.48. The number of aryl methyl sites for hydroxylation is 1. The molecule has 1 fully saturated rings. The number of carbonyl (C=O) groups excluding carboxylic acids is 1. The van der Waals surface area contributed by atoms with Crippen LogP contribution in [0, 0.1) is 0 Å². The molecular formula is C20H21N3OS. The van der Waals surface area contributed by atoms with Crippen molar-refractivity contribution in [2.45, 2.75) is 38.1 Å². The third kappa shape index (κ3) is 3.56. The van der Waals surface area contributed by atoms with Gasteiger partial charge in [-0.3, -0.25) is 9.78 Å². The lowest BCUT2D eigenvalue weighted by atomic mass is 10.0. The number of amides is 1. The Morgan fingerprint density at radius 3 is 2.96 bits per heavy atom. The van der Waals surface area contributed by atoms with Gasteiger partial charge in [-0.2, -0.15) is 0 Å². The van der Waals surface area contributed by atoms with E-state index in [0.29, 0.717) is 6.42 Å². The van der Waals surface area contributed by atoms with Crippen molar-refractivity contribution in [3.63, 3.8) is 0 Å². The van der Waals surface area contributed by atoms with Gasteiger partial charge in [0.05, 0.1) is 16.3 Å².